The molecule has 0 spiro atoms. The molecule has 0 fully saturated rings. The molecule has 0 saturated heterocycles. The Hall–Kier alpha value is -2.91. The first-order valence-corrected chi connectivity index (χ1v) is 8.24. The minimum absolute atomic E-state index is 0.0547. The summed E-state index contributed by atoms with van der Waals surface area (Å²) in [5.74, 6) is -0.437. The van der Waals surface area contributed by atoms with Crippen LogP contribution in [0.1, 0.15) is 20.7 Å². The lowest BCUT2D eigenvalue weighted by molar-refractivity contribution is 0.0904. The molecule has 3 aromatic rings. The second kappa shape index (κ2) is 7.77. The van der Waals surface area contributed by atoms with Crippen LogP contribution < -0.4 is 5.32 Å². The van der Waals surface area contributed by atoms with Gasteiger partial charge in [0, 0.05) is 16.1 Å². The lowest BCUT2D eigenvalue weighted by Crippen LogP contribution is -2.29. The lowest BCUT2D eigenvalue weighted by Gasteiger charge is -2.06. The van der Waals surface area contributed by atoms with Crippen LogP contribution in [-0.4, -0.2) is 18.2 Å². The molecule has 0 aliphatic rings. The van der Waals surface area contributed by atoms with Crippen LogP contribution in [0, 0.1) is 0 Å². The van der Waals surface area contributed by atoms with E-state index in [4.69, 9.17) is 11.6 Å². The van der Waals surface area contributed by atoms with Crippen LogP contribution in [0.3, 0.4) is 0 Å². The molecule has 0 aliphatic carbocycles. The summed E-state index contributed by atoms with van der Waals surface area (Å²) in [4.78, 5) is 24.3. The monoisotopic (exact) mass is 349 g/mol. The Bertz CT molecular complexity index is 872. The van der Waals surface area contributed by atoms with Gasteiger partial charge in [-0.15, -0.1) is 0 Å². The molecule has 1 N–H and O–H groups in total. The lowest BCUT2D eigenvalue weighted by atomic mass is 10.0. The van der Waals surface area contributed by atoms with Gasteiger partial charge >= 0.3 is 0 Å². The van der Waals surface area contributed by atoms with E-state index in [0.29, 0.717) is 16.1 Å². The van der Waals surface area contributed by atoms with E-state index in [-0.39, 0.29) is 18.2 Å². The van der Waals surface area contributed by atoms with Crippen molar-refractivity contribution >= 4 is 23.3 Å². The molecule has 4 heteroatoms. The number of hydrogen-bond donors (Lipinski definition) is 1. The zero-order chi connectivity index (χ0) is 17.6. The molecule has 3 nitrogen and oxygen atoms in total. The molecule has 25 heavy (non-hydrogen) atoms. The van der Waals surface area contributed by atoms with E-state index < -0.39 is 0 Å². The van der Waals surface area contributed by atoms with Crippen LogP contribution in [0.25, 0.3) is 11.1 Å². The fourth-order valence-corrected chi connectivity index (χ4v) is 2.57. The number of amides is 1. The van der Waals surface area contributed by atoms with E-state index in [0.717, 1.165) is 11.1 Å². The average Bonchev–Trinajstić information content (AvgIpc) is 2.67. The van der Waals surface area contributed by atoms with Crippen LogP contribution in [0.5, 0.6) is 0 Å². The number of nitrogens with one attached hydrogen (secondary N) is 1. The van der Waals surface area contributed by atoms with E-state index >= 15 is 0 Å². The summed E-state index contributed by atoms with van der Waals surface area (Å²) < 4.78 is 0. The molecule has 0 atom stereocenters. The zero-order valence-electron chi connectivity index (χ0n) is 13.4. The van der Waals surface area contributed by atoms with Gasteiger partial charge in [0.2, 0.25) is 0 Å². The topological polar surface area (TPSA) is 46.2 Å². The third-order valence-corrected chi connectivity index (χ3v) is 4.08. The van der Waals surface area contributed by atoms with Crippen LogP contribution in [0.2, 0.25) is 5.02 Å². The van der Waals surface area contributed by atoms with Crippen molar-refractivity contribution in [2.75, 3.05) is 6.54 Å². The van der Waals surface area contributed by atoms with E-state index in [1.807, 2.05) is 42.5 Å². The Morgan fingerprint density at radius 3 is 1.92 bits per heavy atom. The fraction of sp³-hybridized carbons (Fsp3) is 0.0476. The van der Waals surface area contributed by atoms with Gasteiger partial charge in [-0.1, -0.05) is 54.1 Å². The maximum Gasteiger partial charge on any atom is 0.251 e. The number of Topliss-reactive ketones (excluding diaryl/α,β-unsaturated/α-hetero) is 1. The highest BCUT2D eigenvalue weighted by Gasteiger charge is 2.10. The summed E-state index contributed by atoms with van der Waals surface area (Å²) in [6, 6.07) is 23.8. The van der Waals surface area contributed by atoms with Gasteiger partial charge in [-0.3, -0.25) is 9.59 Å². The van der Waals surface area contributed by atoms with Gasteiger partial charge in [-0.2, -0.15) is 0 Å². The van der Waals surface area contributed by atoms with E-state index in [2.05, 4.69) is 5.32 Å². The summed E-state index contributed by atoms with van der Waals surface area (Å²) >= 11 is 5.80. The first-order valence-electron chi connectivity index (χ1n) is 7.86. The fourth-order valence-electron chi connectivity index (χ4n) is 2.45. The molecule has 3 aromatic carbocycles. The molecule has 0 bridgehead atoms. The third-order valence-electron chi connectivity index (χ3n) is 3.83. The summed E-state index contributed by atoms with van der Waals surface area (Å²) in [5.41, 5.74) is 3.16. The van der Waals surface area contributed by atoms with Gasteiger partial charge in [0.25, 0.3) is 5.91 Å². The standard InChI is InChI=1S/C21H16ClNO2/c22-19-12-10-17(11-13-19)20(24)14-23-21(25)18-8-6-16(7-9-18)15-4-2-1-3-5-15/h1-13H,14H2,(H,23,25). The predicted molar refractivity (Wildman–Crippen MR) is 100.0 cm³/mol. The van der Waals surface area contributed by atoms with E-state index in [1.165, 1.54) is 0 Å². The Kier molecular flexibility index (Phi) is 5.26. The molecular formula is C21H16ClNO2. The molecule has 3 rings (SSSR count). The van der Waals surface area contributed by atoms with Gasteiger partial charge in [-0.25, -0.2) is 0 Å². The predicted octanol–water partition coefficient (Wildman–Crippen LogP) is 4.62. The maximum atomic E-state index is 12.2. The molecule has 0 radical (unpaired) electrons. The highest BCUT2D eigenvalue weighted by Crippen LogP contribution is 2.19. The Morgan fingerprint density at radius 1 is 0.720 bits per heavy atom. The van der Waals surface area contributed by atoms with Crippen molar-refractivity contribution in [2.24, 2.45) is 0 Å². The number of halogens is 1. The quantitative estimate of drug-likeness (QED) is 0.683. The van der Waals surface area contributed by atoms with Gasteiger partial charge in [0.05, 0.1) is 6.54 Å². The van der Waals surface area contributed by atoms with Crippen molar-refractivity contribution in [1.29, 1.82) is 0 Å². The number of ketones is 1. The smallest absolute Gasteiger partial charge is 0.251 e. The normalized spacial score (nSPS) is 10.3. The van der Waals surface area contributed by atoms with Gasteiger partial charge in [0.1, 0.15) is 0 Å². The largest absolute Gasteiger partial charge is 0.345 e. The van der Waals surface area contributed by atoms with Crippen LogP contribution >= 0.6 is 11.6 Å². The number of hydrogen-bond acceptors (Lipinski definition) is 2. The highest BCUT2D eigenvalue weighted by molar-refractivity contribution is 6.30. The number of benzene rings is 3. The zero-order valence-corrected chi connectivity index (χ0v) is 14.2. The Labute approximate surface area is 151 Å². The first kappa shape index (κ1) is 16.9. The summed E-state index contributed by atoms with van der Waals surface area (Å²) in [6.07, 6.45) is 0. The van der Waals surface area contributed by atoms with Crippen molar-refractivity contribution in [3.8, 4) is 11.1 Å². The summed E-state index contributed by atoms with van der Waals surface area (Å²) in [5, 5.41) is 3.22. The van der Waals surface area contributed by atoms with Crippen molar-refractivity contribution in [3.05, 3.63) is 95.0 Å². The van der Waals surface area contributed by atoms with Gasteiger partial charge in [0.15, 0.2) is 5.78 Å². The van der Waals surface area contributed by atoms with Crippen molar-refractivity contribution in [2.45, 2.75) is 0 Å². The van der Waals surface area contributed by atoms with Crippen LogP contribution in [-0.2, 0) is 0 Å². The molecule has 0 saturated carbocycles. The third kappa shape index (κ3) is 4.34. The second-order valence-corrected chi connectivity index (χ2v) is 5.99. The van der Waals surface area contributed by atoms with Crippen LogP contribution in [0.4, 0.5) is 0 Å². The van der Waals surface area contributed by atoms with Crippen LogP contribution in [0.15, 0.2) is 78.9 Å². The summed E-state index contributed by atoms with van der Waals surface area (Å²) in [6.45, 7) is -0.0547. The SMILES string of the molecule is O=C(CNC(=O)c1ccc(-c2ccccc2)cc1)c1ccc(Cl)cc1. The maximum absolute atomic E-state index is 12.2. The Balaban J connectivity index is 1.61. The molecular weight excluding hydrogens is 334 g/mol. The molecule has 0 aliphatic heterocycles. The minimum atomic E-state index is -0.276. The highest BCUT2D eigenvalue weighted by atomic mass is 35.5. The Morgan fingerprint density at radius 2 is 1.28 bits per heavy atom. The molecule has 124 valence electrons. The van der Waals surface area contributed by atoms with Gasteiger partial charge < -0.3 is 5.32 Å². The summed E-state index contributed by atoms with van der Waals surface area (Å²) in [7, 11) is 0. The number of carbonyl (C=O) groups excluding carboxylic acids is 2. The van der Waals surface area contributed by atoms with Gasteiger partial charge in [-0.05, 0) is 47.5 Å². The molecule has 0 heterocycles. The number of carbonyl (C=O) groups is 2. The molecule has 0 aromatic heterocycles. The second-order valence-electron chi connectivity index (χ2n) is 5.56. The van der Waals surface area contributed by atoms with Crippen molar-refractivity contribution in [1.82, 2.24) is 5.32 Å². The average molecular weight is 350 g/mol. The molecule has 0 unspecified atom stereocenters. The van der Waals surface area contributed by atoms with Crippen molar-refractivity contribution in [3.63, 3.8) is 0 Å². The first-order chi connectivity index (χ1) is 12.1. The van der Waals surface area contributed by atoms with E-state index in [9.17, 15) is 9.59 Å². The molecule has 1 amide bonds. The minimum Gasteiger partial charge on any atom is -0.345 e. The van der Waals surface area contributed by atoms with Crippen molar-refractivity contribution < 1.29 is 9.59 Å². The van der Waals surface area contributed by atoms with E-state index in [1.54, 1.807) is 36.4 Å². The number of rotatable bonds is 5.